The van der Waals surface area contributed by atoms with Crippen LogP contribution in [0.2, 0.25) is 10.0 Å². The van der Waals surface area contributed by atoms with Crippen molar-refractivity contribution in [2.45, 2.75) is 11.6 Å². The molecule has 0 fully saturated rings. The average Bonchev–Trinajstić information content (AvgIpc) is 3.32. The van der Waals surface area contributed by atoms with E-state index in [-0.39, 0.29) is 11.5 Å². The summed E-state index contributed by atoms with van der Waals surface area (Å²) in [7, 11) is 1.86. The standard InChI is InChI=1S/C24H17Cl2N3OS/c1-29-23(20-9-7-17(25)12-21(20)26)27-28-24(29)31-13-22(30)15-6-8-19-16(11-15)10-14-4-2-3-5-18(14)19/h2-9,11-12H,10,13H2,1H3. The summed E-state index contributed by atoms with van der Waals surface area (Å²) in [4.78, 5) is 12.9. The minimum atomic E-state index is 0.0674. The number of rotatable bonds is 5. The third-order valence-electron chi connectivity index (χ3n) is 5.45. The predicted octanol–water partition coefficient (Wildman–Crippen LogP) is 6.34. The first-order valence-electron chi connectivity index (χ1n) is 9.73. The first-order valence-corrected chi connectivity index (χ1v) is 11.5. The van der Waals surface area contributed by atoms with Crippen LogP contribution in [0.25, 0.3) is 22.5 Å². The van der Waals surface area contributed by atoms with E-state index in [4.69, 9.17) is 23.2 Å². The fourth-order valence-corrected chi connectivity index (χ4v) is 5.18. The predicted molar refractivity (Wildman–Crippen MR) is 126 cm³/mol. The van der Waals surface area contributed by atoms with E-state index in [9.17, 15) is 4.79 Å². The van der Waals surface area contributed by atoms with Crippen LogP contribution in [-0.2, 0) is 13.5 Å². The van der Waals surface area contributed by atoms with Gasteiger partial charge >= 0.3 is 0 Å². The summed E-state index contributed by atoms with van der Waals surface area (Å²) in [5, 5.41) is 10.2. The Kier molecular flexibility index (Phi) is 5.34. The maximum atomic E-state index is 12.9. The van der Waals surface area contributed by atoms with Gasteiger partial charge in [-0.15, -0.1) is 10.2 Å². The Morgan fingerprint density at radius 3 is 2.58 bits per heavy atom. The summed E-state index contributed by atoms with van der Waals surface area (Å²) in [5.41, 5.74) is 6.47. The monoisotopic (exact) mass is 465 g/mol. The molecule has 0 spiro atoms. The van der Waals surface area contributed by atoms with E-state index in [1.807, 2.05) is 29.8 Å². The molecule has 0 atom stereocenters. The maximum Gasteiger partial charge on any atom is 0.191 e. The fraction of sp³-hybridized carbons (Fsp3) is 0.125. The first kappa shape index (κ1) is 20.3. The number of hydrogen-bond acceptors (Lipinski definition) is 4. The first-order chi connectivity index (χ1) is 15.0. The van der Waals surface area contributed by atoms with Crippen LogP contribution >= 0.6 is 35.0 Å². The van der Waals surface area contributed by atoms with Gasteiger partial charge in [0.1, 0.15) is 0 Å². The molecule has 4 nitrogen and oxygen atoms in total. The highest BCUT2D eigenvalue weighted by atomic mass is 35.5. The highest BCUT2D eigenvalue weighted by Gasteiger charge is 2.20. The topological polar surface area (TPSA) is 47.8 Å². The average molecular weight is 466 g/mol. The van der Waals surface area contributed by atoms with Gasteiger partial charge < -0.3 is 4.57 Å². The number of ketones is 1. The molecule has 0 N–H and O–H groups in total. The molecule has 1 aromatic heterocycles. The smallest absolute Gasteiger partial charge is 0.191 e. The lowest BCUT2D eigenvalue weighted by Crippen LogP contribution is -2.04. The van der Waals surface area contributed by atoms with Crippen LogP contribution in [0.4, 0.5) is 0 Å². The molecule has 3 aromatic carbocycles. The molecule has 4 aromatic rings. The Bertz CT molecular complexity index is 1330. The van der Waals surface area contributed by atoms with Crippen molar-refractivity contribution in [2.24, 2.45) is 7.05 Å². The quantitative estimate of drug-likeness (QED) is 0.224. The molecule has 0 saturated carbocycles. The Hall–Kier alpha value is -2.60. The van der Waals surface area contributed by atoms with Crippen molar-refractivity contribution in [3.63, 3.8) is 0 Å². The molecule has 0 aliphatic heterocycles. The zero-order valence-electron chi connectivity index (χ0n) is 16.6. The van der Waals surface area contributed by atoms with Gasteiger partial charge in [0.25, 0.3) is 0 Å². The molecule has 0 amide bonds. The number of fused-ring (bicyclic) bond motifs is 3. The summed E-state index contributed by atoms with van der Waals surface area (Å²) in [6, 6.07) is 19.6. The van der Waals surface area contributed by atoms with E-state index < -0.39 is 0 Å². The van der Waals surface area contributed by atoms with Crippen LogP contribution in [0.15, 0.2) is 65.8 Å². The Balaban J connectivity index is 1.32. The molecule has 0 saturated heterocycles. The van der Waals surface area contributed by atoms with Crippen molar-refractivity contribution in [2.75, 3.05) is 5.75 Å². The largest absolute Gasteiger partial charge is 0.305 e. The van der Waals surface area contributed by atoms with Gasteiger partial charge in [0.2, 0.25) is 0 Å². The van der Waals surface area contributed by atoms with Gasteiger partial charge in [0, 0.05) is 23.2 Å². The number of thioether (sulfide) groups is 1. The van der Waals surface area contributed by atoms with E-state index in [1.54, 1.807) is 12.1 Å². The van der Waals surface area contributed by atoms with Gasteiger partial charge in [-0.2, -0.15) is 0 Å². The van der Waals surface area contributed by atoms with Crippen LogP contribution in [0.3, 0.4) is 0 Å². The van der Waals surface area contributed by atoms with Crippen molar-refractivity contribution in [3.8, 4) is 22.5 Å². The lowest BCUT2D eigenvalue weighted by molar-refractivity contribution is 0.102. The summed E-state index contributed by atoms with van der Waals surface area (Å²) in [6.07, 6.45) is 0.869. The zero-order valence-corrected chi connectivity index (χ0v) is 18.9. The molecule has 0 radical (unpaired) electrons. The number of carbonyl (C=O) groups is 1. The highest BCUT2D eigenvalue weighted by molar-refractivity contribution is 7.99. The fourth-order valence-electron chi connectivity index (χ4n) is 3.88. The SMILES string of the molecule is Cn1c(SCC(=O)c2ccc3c(c2)Cc2ccccc2-3)nnc1-c1ccc(Cl)cc1Cl. The molecule has 154 valence electrons. The Morgan fingerprint density at radius 2 is 1.74 bits per heavy atom. The van der Waals surface area contributed by atoms with Gasteiger partial charge in [-0.1, -0.05) is 71.4 Å². The second kappa shape index (κ2) is 8.15. The summed E-state index contributed by atoms with van der Waals surface area (Å²) in [5.74, 6) is 0.983. The highest BCUT2D eigenvalue weighted by Crippen LogP contribution is 2.37. The normalized spacial score (nSPS) is 12.0. The van der Waals surface area contributed by atoms with Crippen LogP contribution in [-0.4, -0.2) is 26.3 Å². The van der Waals surface area contributed by atoms with Crippen molar-refractivity contribution < 1.29 is 4.79 Å². The molecular weight excluding hydrogens is 449 g/mol. The van der Waals surface area contributed by atoms with Gasteiger partial charge in [-0.05, 0) is 52.9 Å². The molecule has 0 unspecified atom stereocenters. The second-order valence-corrected chi connectivity index (χ2v) is 9.19. The molecule has 7 heteroatoms. The number of nitrogens with zero attached hydrogens (tertiary/aromatic N) is 3. The zero-order chi connectivity index (χ0) is 21.5. The molecule has 1 aliphatic carbocycles. The second-order valence-electron chi connectivity index (χ2n) is 7.41. The van der Waals surface area contributed by atoms with Crippen molar-refractivity contribution >= 4 is 40.7 Å². The Labute approximate surface area is 194 Å². The number of carbonyl (C=O) groups excluding carboxylic acids is 1. The van der Waals surface area contributed by atoms with Crippen molar-refractivity contribution in [1.82, 2.24) is 14.8 Å². The molecule has 1 heterocycles. The lowest BCUT2D eigenvalue weighted by atomic mass is 10.0. The van der Waals surface area contributed by atoms with E-state index in [1.165, 1.54) is 34.0 Å². The van der Waals surface area contributed by atoms with Crippen LogP contribution < -0.4 is 0 Å². The molecule has 1 aliphatic rings. The minimum Gasteiger partial charge on any atom is -0.305 e. The molecular formula is C24H17Cl2N3OS. The number of halogens is 2. The van der Waals surface area contributed by atoms with Crippen LogP contribution in [0, 0.1) is 0 Å². The van der Waals surface area contributed by atoms with Gasteiger partial charge in [0.05, 0.1) is 10.8 Å². The van der Waals surface area contributed by atoms with E-state index in [0.717, 1.165) is 17.5 Å². The number of hydrogen-bond donors (Lipinski definition) is 0. The summed E-state index contributed by atoms with van der Waals surface area (Å²) < 4.78 is 1.84. The van der Waals surface area contributed by atoms with E-state index in [2.05, 4.69) is 40.5 Å². The van der Waals surface area contributed by atoms with Crippen LogP contribution in [0.5, 0.6) is 0 Å². The van der Waals surface area contributed by atoms with Crippen molar-refractivity contribution in [3.05, 3.63) is 87.4 Å². The maximum absolute atomic E-state index is 12.9. The van der Waals surface area contributed by atoms with Crippen molar-refractivity contribution in [1.29, 1.82) is 0 Å². The molecule has 0 bridgehead atoms. The van der Waals surface area contributed by atoms with E-state index >= 15 is 0 Å². The van der Waals surface area contributed by atoms with Gasteiger partial charge in [-0.3, -0.25) is 4.79 Å². The third-order valence-corrected chi connectivity index (χ3v) is 7.02. The number of Topliss-reactive ketones (excluding diaryl/α,β-unsaturated/α-hetero) is 1. The van der Waals surface area contributed by atoms with Gasteiger partial charge in [0.15, 0.2) is 16.8 Å². The van der Waals surface area contributed by atoms with Gasteiger partial charge in [-0.25, -0.2) is 0 Å². The lowest BCUT2D eigenvalue weighted by Gasteiger charge is -2.07. The minimum absolute atomic E-state index is 0.0674. The summed E-state index contributed by atoms with van der Waals surface area (Å²) >= 11 is 13.7. The number of benzene rings is 3. The van der Waals surface area contributed by atoms with E-state index in [0.29, 0.717) is 21.0 Å². The summed E-state index contributed by atoms with van der Waals surface area (Å²) in [6.45, 7) is 0. The number of aromatic nitrogens is 3. The third kappa shape index (κ3) is 3.78. The molecule has 5 rings (SSSR count). The Morgan fingerprint density at radius 1 is 0.968 bits per heavy atom. The van der Waals surface area contributed by atoms with Crippen LogP contribution in [0.1, 0.15) is 21.5 Å². The molecule has 31 heavy (non-hydrogen) atoms.